The van der Waals surface area contributed by atoms with Crippen molar-refractivity contribution in [3.8, 4) is 0 Å². The number of Topliss-reactive ketones (excluding diaryl/α,β-unsaturated/α-hetero) is 1. The van der Waals surface area contributed by atoms with Crippen LogP contribution in [-0.4, -0.2) is 15.3 Å². The lowest BCUT2D eigenvalue weighted by Crippen LogP contribution is -2.33. The van der Waals surface area contributed by atoms with Gasteiger partial charge in [0, 0.05) is 23.6 Å². The van der Waals surface area contributed by atoms with E-state index in [2.05, 4.69) is 28.1 Å². The van der Waals surface area contributed by atoms with Crippen LogP contribution in [0, 0.1) is 0 Å². The second-order valence-electron chi connectivity index (χ2n) is 7.67. The van der Waals surface area contributed by atoms with Crippen molar-refractivity contribution in [2.45, 2.75) is 24.8 Å². The number of aromatic nitrogens is 2. The van der Waals surface area contributed by atoms with E-state index in [1.807, 2.05) is 48.5 Å². The summed E-state index contributed by atoms with van der Waals surface area (Å²) >= 11 is 0. The first-order chi connectivity index (χ1) is 14.3. The minimum atomic E-state index is -0.181. The van der Waals surface area contributed by atoms with Crippen LogP contribution in [-0.2, 0) is 4.79 Å². The second kappa shape index (κ2) is 6.21. The van der Waals surface area contributed by atoms with Gasteiger partial charge in [-0.05, 0) is 36.2 Å². The van der Waals surface area contributed by atoms with Gasteiger partial charge in [0.1, 0.15) is 5.76 Å². The Morgan fingerprint density at radius 1 is 0.966 bits per heavy atom. The summed E-state index contributed by atoms with van der Waals surface area (Å²) in [6.07, 6.45) is 2.87. The van der Waals surface area contributed by atoms with Gasteiger partial charge in [0.05, 0.1) is 23.3 Å². The Balaban J connectivity index is 1.56. The number of allylic oxidation sites excluding steroid dienone is 2. The number of nitrogens with zero attached hydrogens (tertiary/aromatic N) is 2. The number of ketones is 1. The third-order valence-electron chi connectivity index (χ3n) is 5.96. The van der Waals surface area contributed by atoms with Gasteiger partial charge in [-0.3, -0.25) is 9.36 Å². The van der Waals surface area contributed by atoms with E-state index < -0.39 is 0 Å². The molecule has 2 aliphatic rings. The molecule has 5 nitrogen and oxygen atoms in total. The van der Waals surface area contributed by atoms with Crippen LogP contribution < -0.4 is 5.32 Å². The van der Waals surface area contributed by atoms with Crippen LogP contribution in [0.4, 0.5) is 5.95 Å². The van der Waals surface area contributed by atoms with Gasteiger partial charge in [-0.15, -0.1) is 0 Å². The molecular formula is C24H19N3O2. The Kier molecular flexibility index (Phi) is 3.50. The Morgan fingerprint density at radius 2 is 1.79 bits per heavy atom. The molecule has 0 unspecified atom stereocenters. The van der Waals surface area contributed by atoms with Crippen molar-refractivity contribution in [3.63, 3.8) is 0 Å². The maximum atomic E-state index is 13.4. The highest BCUT2D eigenvalue weighted by Crippen LogP contribution is 2.45. The minimum absolute atomic E-state index is 0.0519. The average molecular weight is 381 g/mol. The molecule has 2 atom stereocenters. The number of hydrogen-bond acceptors (Lipinski definition) is 4. The van der Waals surface area contributed by atoms with Gasteiger partial charge in [-0.25, -0.2) is 4.98 Å². The number of imidazole rings is 1. The molecule has 3 heterocycles. The summed E-state index contributed by atoms with van der Waals surface area (Å²) in [6.45, 7) is 0. The number of furan rings is 1. The summed E-state index contributed by atoms with van der Waals surface area (Å²) in [6, 6.07) is 22.0. The van der Waals surface area contributed by atoms with Crippen molar-refractivity contribution in [2.75, 3.05) is 5.32 Å². The zero-order valence-electron chi connectivity index (χ0n) is 15.7. The van der Waals surface area contributed by atoms with Crippen molar-refractivity contribution < 1.29 is 9.21 Å². The van der Waals surface area contributed by atoms with Gasteiger partial charge in [-0.2, -0.15) is 0 Å². The molecule has 2 aromatic carbocycles. The number of benzene rings is 2. The largest absolute Gasteiger partial charge is 0.469 e. The normalized spacial score (nSPS) is 21.0. The summed E-state index contributed by atoms with van der Waals surface area (Å²) in [5, 5.41) is 3.48. The molecule has 1 aliphatic heterocycles. The SMILES string of the molecule is O=C1C[C@H](c2ccco2)CC2=C1[C@H](c1ccccc1)n1c(nc3ccccc31)N2. The van der Waals surface area contributed by atoms with E-state index in [1.165, 1.54) is 0 Å². The highest BCUT2D eigenvalue weighted by Gasteiger charge is 2.40. The molecule has 0 amide bonds. The van der Waals surface area contributed by atoms with E-state index in [1.54, 1.807) is 6.26 Å². The Morgan fingerprint density at radius 3 is 2.62 bits per heavy atom. The number of anilines is 1. The second-order valence-corrected chi connectivity index (χ2v) is 7.67. The third kappa shape index (κ3) is 2.47. The molecule has 2 aromatic heterocycles. The van der Waals surface area contributed by atoms with Crippen molar-refractivity contribution in [2.24, 2.45) is 0 Å². The van der Waals surface area contributed by atoms with Crippen molar-refractivity contribution in [3.05, 3.63) is 95.6 Å². The zero-order chi connectivity index (χ0) is 19.4. The van der Waals surface area contributed by atoms with Gasteiger partial charge in [0.15, 0.2) is 5.78 Å². The van der Waals surface area contributed by atoms with Crippen LogP contribution in [0.3, 0.4) is 0 Å². The van der Waals surface area contributed by atoms with Gasteiger partial charge >= 0.3 is 0 Å². The number of hydrogen-bond donors (Lipinski definition) is 1. The minimum Gasteiger partial charge on any atom is -0.469 e. The summed E-state index contributed by atoms with van der Waals surface area (Å²) in [7, 11) is 0. The van der Waals surface area contributed by atoms with Gasteiger partial charge < -0.3 is 9.73 Å². The molecule has 1 N–H and O–H groups in total. The molecule has 4 aromatic rings. The van der Waals surface area contributed by atoms with E-state index in [0.29, 0.717) is 6.42 Å². The molecule has 1 aliphatic carbocycles. The topological polar surface area (TPSA) is 60.1 Å². The fourth-order valence-corrected chi connectivity index (χ4v) is 4.70. The number of carbonyl (C=O) groups is 1. The molecule has 6 rings (SSSR count). The monoisotopic (exact) mass is 381 g/mol. The molecule has 0 fully saturated rings. The predicted molar refractivity (Wildman–Crippen MR) is 111 cm³/mol. The number of carbonyl (C=O) groups excluding carboxylic acids is 1. The number of fused-ring (bicyclic) bond motifs is 3. The van der Waals surface area contributed by atoms with Crippen molar-refractivity contribution in [1.82, 2.24) is 9.55 Å². The van der Waals surface area contributed by atoms with Crippen molar-refractivity contribution >= 4 is 22.8 Å². The molecular weight excluding hydrogens is 362 g/mol. The van der Waals surface area contributed by atoms with Crippen molar-refractivity contribution in [1.29, 1.82) is 0 Å². The van der Waals surface area contributed by atoms with Crippen LogP contribution in [0.15, 0.2) is 88.7 Å². The first-order valence-electron chi connectivity index (χ1n) is 9.88. The smallest absolute Gasteiger partial charge is 0.209 e. The first kappa shape index (κ1) is 16.4. The molecule has 142 valence electrons. The Labute approximate surface area is 167 Å². The lowest BCUT2D eigenvalue weighted by Gasteiger charge is -2.35. The lowest BCUT2D eigenvalue weighted by atomic mass is 9.79. The third-order valence-corrected chi connectivity index (χ3v) is 5.96. The van der Waals surface area contributed by atoms with Gasteiger partial charge in [-0.1, -0.05) is 42.5 Å². The maximum Gasteiger partial charge on any atom is 0.209 e. The Hall–Kier alpha value is -3.60. The lowest BCUT2D eigenvalue weighted by molar-refractivity contribution is -0.116. The summed E-state index contributed by atoms with van der Waals surface area (Å²) in [5.74, 6) is 1.86. The van der Waals surface area contributed by atoms with Crippen LogP contribution >= 0.6 is 0 Å². The van der Waals surface area contributed by atoms with E-state index in [-0.39, 0.29) is 17.7 Å². The molecule has 0 saturated carbocycles. The number of para-hydroxylation sites is 2. The quantitative estimate of drug-likeness (QED) is 0.528. The molecule has 0 saturated heterocycles. The average Bonchev–Trinajstić information content (AvgIpc) is 3.40. The van der Waals surface area contributed by atoms with E-state index in [0.717, 1.165) is 46.0 Å². The van der Waals surface area contributed by atoms with E-state index in [9.17, 15) is 4.79 Å². The van der Waals surface area contributed by atoms with Crippen LogP contribution in [0.25, 0.3) is 11.0 Å². The highest BCUT2D eigenvalue weighted by molar-refractivity contribution is 6.01. The highest BCUT2D eigenvalue weighted by atomic mass is 16.3. The standard InChI is InChI=1S/C24H19N3O2/c28-20-14-16(21-11-6-12-29-21)13-18-22(20)23(15-7-2-1-3-8-15)27-19-10-5-4-9-17(19)25-24(27)26-18/h1-12,16,23H,13-14H2,(H,25,26)/t16-,23+/m1/s1. The van der Waals surface area contributed by atoms with Crippen LogP contribution in [0.5, 0.6) is 0 Å². The summed E-state index contributed by atoms with van der Waals surface area (Å²) in [5.41, 5.74) is 4.84. The predicted octanol–water partition coefficient (Wildman–Crippen LogP) is 5.05. The molecule has 5 heteroatoms. The maximum absolute atomic E-state index is 13.4. The number of rotatable bonds is 2. The molecule has 0 radical (unpaired) electrons. The van der Waals surface area contributed by atoms with Gasteiger partial charge in [0.2, 0.25) is 5.95 Å². The zero-order valence-corrected chi connectivity index (χ0v) is 15.7. The van der Waals surface area contributed by atoms with E-state index >= 15 is 0 Å². The van der Waals surface area contributed by atoms with Gasteiger partial charge in [0.25, 0.3) is 0 Å². The Bertz CT molecular complexity index is 1250. The fourth-order valence-electron chi connectivity index (χ4n) is 4.70. The van der Waals surface area contributed by atoms with Crippen LogP contribution in [0.2, 0.25) is 0 Å². The fraction of sp³-hybridized carbons (Fsp3) is 0.167. The molecule has 29 heavy (non-hydrogen) atoms. The summed E-state index contributed by atoms with van der Waals surface area (Å²) < 4.78 is 7.77. The molecule has 0 spiro atoms. The number of nitrogens with one attached hydrogen (secondary N) is 1. The van der Waals surface area contributed by atoms with Crippen LogP contribution in [0.1, 0.15) is 36.1 Å². The summed E-state index contributed by atoms with van der Waals surface area (Å²) in [4.78, 5) is 18.2. The molecule has 0 bridgehead atoms. The van der Waals surface area contributed by atoms with E-state index in [4.69, 9.17) is 9.40 Å². The first-order valence-corrected chi connectivity index (χ1v) is 9.88.